The number of hydrogen-bond acceptors (Lipinski definition) is 6. The van der Waals surface area contributed by atoms with Gasteiger partial charge in [-0.15, -0.1) is 10.2 Å². The highest BCUT2D eigenvalue weighted by Crippen LogP contribution is 2.28. The number of nitrogens with zero attached hydrogens (tertiary/aromatic N) is 6. The lowest BCUT2D eigenvalue weighted by atomic mass is 10.0. The molecule has 152 valence electrons. The average Bonchev–Trinajstić information content (AvgIpc) is 3.20. The molecule has 0 unspecified atom stereocenters. The summed E-state index contributed by atoms with van der Waals surface area (Å²) in [5, 5.41) is 11.8. The van der Waals surface area contributed by atoms with Gasteiger partial charge in [0, 0.05) is 36.9 Å². The van der Waals surface area contributed by atoms with Crippen molar-refractivity contribution in [3.63, 3.8) is 0 Å². The summed E-state index contributed by atoms with van der Waals surface area (Å²) in [6.45, 7) is 3.54. The van der Waals surface area contributed by atoms with Gasteiger partial charge in [-0.25, -0.2) is 12.8 Å². The zero-order valence-electron chi connectivity index (χ0n) is 15.9. The highest BCUT2D eigenvalue weighted by Gasteiger charge is 2.32. The topological polar surface area (TPSA) is 84.2 Å². The molecule has 2 aliphatic heterocycles. The molecule has 0 radical (unpaired) electrons. The van der Waals surface area contributed by atoms with Gasteiger partial charge in [0.25, 0.3) is 0 Å². The third-order valence-corrected chi connectivity index (χ3v) is 7.77. The predicted octanol–water partition coefficient (Wildman–Crippen LogP) is 1.97. The molecule has 4 rings (SSSR count). The summed E-state index contributed by atoms with van der Waals surface area (Å²) in [4.78, 5) is 3.78. The van der Waals surface area contributed by atoms with E-state index in [-0.39, 0.29) is 30.2 Å². The molecule has 1 aromatic carbocycles. The van der Waals surface area contributed by atoms with Crippen molar-refractivity contribution in [2.75, 3.05) is 23.7 Å². The van der Waals surface area contributed by atoms with Crippen molar-refractivity contribution in [3.05, 3.63) is 35.9 Å². The summed E-state index contributed by atoms with van der Waals surface area (Å²) in [5.74, 6) is -0.211. The largest absolute Gasteiger partial charge is 0.371 e. The van der Waals surface area contributed by atoms with Crippen LogP contribution >= 0.6 is 0 Å². The van der Waals surface area contributed by atoms with Crippen molar-refractivity contribution in [1.29, 1.82) is 0 Å². The second kappa shape index (κ2) is 7.75. The van der Waals surface area contributed by atoms with Crippen molar-refractivity contribution in [1.82, 2.24) is 24.5 Å². The van der Waals surface area contributed by atoms with Crippen LogP contribution < -0.4 is 4.90 Å². The number of sulfonamides is 1. The van der Waals surface area contributed by atoms with E-state index in [0.29, 0.717) is 12.0 Å². The normalized spacial score (nSPS) is 23.8. The SMILES string of the molecule is C[C@H]1CCCS(=O)(=O)N1Cc1ccc(N2CCC(n3ncnn3)CC2)cc1F. The van der Waals surface area contributed by atoms with Crippen molar-refractivity contribution < 1.29 is 12.8 Å². The Morgan fingerprint density at radius 1 is 1.21 bits per heavy atom. The van der Waals surface area contributed by atoms with Crippen molar-refractivity contribution in [3.8, 4) is 0 Å². The van der Waals surface area contributed by atoms with E-state index >= 15 is 0 Å². The second-order valence-corrected chi connectivity index (χ2v) is 9.64. The molecule has 8 nitrogen and oxygen atoms in total. The maximum absolute atomic E-state index is 14.8. The van der Waals surface area contributed by atoms with E-state index in [1.54, 1.807) is 10.9 Å². The number of benzene rings is 1. The van der Waals surface area contributed by atoms with Crippen LogP contribution in [-0.4, -0.2) is 57.8 Å². The highest BCUT2D eigenvalue weighted by molar-refractivity contribution is 7.89. The predicted molar refractivity (Wildman–Crippen MR) is 103 cm³/mol. The molecule has 0 N–H and O–H groups in total. The lowest BCUT2D eigenvalue weighted by Gasteiger charge is -2.34. The lowest BCUT2D eigenvalue weighted by Crippen LogP contribution is -2.43. The second-order valence-electron chi connectivity index (χ2n) is 7.60. The van der Waals surface area contributed by atoms with Crippen LogP contribution in [-0.2, 0) is 16.6 Å². The van der Waals surface area contributed by atoms with E-state index in [4.69, 9.17) is 0 Å². The monoisotopic (exact) mass is 408 g/mol. The van der Waals surface area contributed by atoms with Crippen molar-refractivity contribution in [2.45, 2.75) is 51.2 Å². The van der Waals surface area contributed by atoms with Gasteiger partial charge in [-0.2, -0.15) is 9.10 Å². The first-order valence-corrected chi connectivity index (χ1v) is 11.3. The Kier molecular flexibility index (Phi) is 5.33. The Morgan fingerprint density at radius 3 is 2.64 bits per heavy atom. The summed E-state index contributed by atoms with van der Waals surface area (Å²) in [5.41, 5.74) is 1.24. The highest BCUT2D eigenvalue weighted by atomic mass is 32.2. The molecule has 2 saturated heterocycles. The summed E-state index contributed by atoms with van der Waals surface area (Å²) in [7, 11) is -3.31. The third kappa shape index (κ3) is 3.88. The fourth-order valence-electron chi connectivity index (χ4n) is 4.08. The van der Waals surface area contributed by atoms with Crippen LogP contribution in [0.4, 0.5) is 10.1 Å². The molecule has 3 heterocycles. The summed E-state index contributed by atoms with van der Waals surface area (Å²) in [6, 6.07) is 5.24. The molecule has 0 amide bonds. The van der Waals surface area contributed by atoms with Gasteiger partial charge in [0.05, 0.1) is 11.8 Å². The zero-order chi connectivity index (χ0) is 19.7. The third-order valence-electron chi connectivity index (χ3n) is 5.76. The molecule has 28 heavy (non-hydrogen) atoms. The van der Waals surface area contributed by atoms with Crippen LogP contribution in [0.15, 0.2) is 24.5 Å². The standard InChI is InChI=1S/C18H25FN6O2S/c1-14-3-2-10-28(26,27)24(14)12-15-4-5-17(11-18(15)19)23-8-6-16(7-9-23)25-21-13-20-22-25/h4-5,11,13-14,16H,2-3,6-10,12H2,1H3/t14-/m0/s1. The molecule has 2 fully saturated rings. The molecule has 0 bridgehead atoms. The van der Waals surface area contributed by atoms with E-state index < -0.39 is 10.0 Å². The van der Waals surface area contributed by atoms with E-state index in [1.807, 2.05) is 13.0 Å². The maximum atomic E-state index is 14.8. The Bertz CT molecular complexity index is 912. The van der Waals surface area contributed by atoms with Gasteiger partial charge in [-0.3, -0.25) is 0 Å². The molecule has 10 heteroatoms. The molecule has 0 spiro atoms. The smallest absolute Gasteiger partial charge is 0.214 e. The fraction of sp³-hybridized carbons (Fsp3) is 0.611. The minimum atomic E-state index is -3.31. The summed E-state index contributed by atoms with van der Waals surface area (Å²) in [6.07, 6.45) is 4.65. The van der Waals surface area contributed by atoms with Crippen LogP contribution in [0.5, 0.6) is 0 Å². The molecule has 2 aromatic rings. The fourth-order valence-corrected chi connectivity index (χ4v) is 5.83. The molecular weight excluding hydrogens is 383 g/mol. The van der Waals surface area contributed by atoms with Gasteiger partial charge >= 0.3 is 0 Å². The molecule has 2 aliphatic rings. The lowest BCUT2D eigenvalue weighted by molar-refractivity contribution is 0.293. The van der Waals surface area contributed by atoms with Gasteiger partial charge < -0.3 is 4.90 Å². The van der Waals surface area contributed by atoms with Crippen molar-refractivity contribution >= 4 is 15.7 Å². The molecule has 0 saturated carbocycles. The van der Waals surface area contributed by atoms with Gasteiger partial charge in [0.2, 0.25) is 10.0 Å². The van der Waals surface area contributed by atoms with Crippen LogP contribution in [0.1, 0.15) is 44.2 Å². The molecule has 0 aliphatic carbocycles. The van der Waals surface area contributed by atoms with E-state index in [0.717, 1.165) is 38.0 Å². The number of rotatable bonds is 4. The van der Waals surface area contributed by atoms with Crippen LogP contribution in [0.25, 0.3) is 0 Å². The zero-order valence-corrected chi connectivity index (χ0v) is 16.7. The van der Waals surface area contributed by atoms with Crippen molar-refractivity contribution in [2.24, 2.45) is 0 Å². The van der Waals surface area contributed by atoms with Crippen LogP contribution in [0, 0.1) is 5.82 Å². The van der Waals surface area contributed by atoms with Crippen LogP contribution in [0.2, 0.25) is 0 Å². The number of piperidine rings is 1. The average molecular weight is 409 g/mol. The quantitative estimate of drug-likeness (QED) is 0.769. The maximum Gasteiger partial charge on any atom is 0.214 e. The van der Waals surface area contributed by atoms with E-state index in [9.17, 15) is 12.8 Å². The van der Waals surface area contributed by atoms with Gasteiger partial charge in [0.15, 0.2) is 6.33 Å². The minimum Gasteiger partial charge on any atom is -0.371 e. The molecule has 1 atom stereocenters. The Morgan fingerprint density at radius 2 is 2.00 bits per heavy atom. The number of halogens is 1. The Labute approximate surface area is 164 Å². The first-order valence-electron chi connectivity index (χ1n) is 9.69. The molecular formula is C18H25FN6O2S. The van der Waals surface area contributed by atoms with Crippen LogP contribution in [0.3, 0.4) is 0 Å². The first-order chi connectivity index (χ1) is 13.4. The van der Waals surface area contributed by atoms with E-state index in [2.05, 4.69) is 20.3 Å². The Hall–Kier alpha value is -2.07. The van der Waals surface area contributed by atoms with Gasteiger partial charge in [-0.05, 0) is 50.0 Å². The number of tetrazole rings is 1. The number of hydrogen-bond donors (Lipinski definition) is 0. The number of anilines is 1. The first kappa shape index (κ1) is 19.3. The minimum absolute atomic E-state index is 0.0929. The molecule has 1 aromatic heterocycles. The van der Waals surface area contributed by atoms with Gasteiger partial charge in [0.1, 0.15) is 5.82 Å². The Balaban J connectivity index is 1.43. The van der Waals surface area contributed by atoms with E-state index in [1.165, 1.54) is 16.7 Å². The summed E-state index contributed by atoms with van der Waals surface area (Å²) < 4.78 is 40.9. The van der Waals surface area contributed by atoms with Gasteiger partial charge in [-0.1, -0.05) is 6.07 Å². The summed E-state index contributed by atoms with van der Waals surface area (Å²) >= 11 is 0. The number of aromatic nitrogens is 4.